The summed E-state index contributed by atoms with van der Waals surface area (Å²) < 4.78 is 32.3. The molecule has 29 heavy (non-hydrogen) atoms. The van der Waals surface area contributed by atoms with Crippen LogP contribution in [0.3, 0.4) is 0 Å². The molecule has 1 amide bonds. The lowest BCUT2D eigenvalue weighted by atomic mass is 10.2. The minimum Gasteiger partial charge on any atom is -0.494 e. The van der Waals surface area contributed by atoms with Crippen molar-refractivity contribution >= 4 is 33.6 Å². The number of benzene rings is 2. The quantitative estimate of drug-likeness (QED) is 0.654. The number of carbonyl (C=O) groups is 1. The minimum atomic E-state index is -3.67. The van der Waals surface area contributed by atoms with Gasteiger partial charge in [-0.1, -0.05) is 35.9 Å². The van der Waals surface area contributed by atoms with E-state index in [0.717, 1.165) is 11.3 Å². The maximum Gasteiger partial charge on any atom is 0.246 e. The molecule has 1 aliphatic rings. The van der Waals surface area contributed by atoms with Crippen LogP contribution in [0.1, 0.15) is 12.5 Å². The van der Waals surface area contributed by atoms with Crippen LogP contribution in [0.15, 0.2) is 59.5 Å². The monoisotopic (exact) mass is 434 g/mol. The molecule has 154 valence electrons. The molecule has 8 heteroatoms. The molecular weight excluding hydrogens is 412 g/mol. The molecule has 0 bridgehead atoms. The number of hydrogen-bond acceptors (Lipinski definition) is 4. The smallest absolute Gasteiger partial charge is 0.246 e. The highest BCUT2D eigenvalue weighted by Crippen LogP contribution is 2.25. The first-order valence-corrected chi connectivity index (χ1v) is 11.2. The number of sulfonamides is 1. The zero-order valence-corrected chi connectivity index (χ0v) is 17.7. The molecule has 0 unspecified atom stereocenters. The van der Waals surface area contributed by atoms with E-state index >= 15 is 0 Å². The fourth-order valence-electron chi connectivity index (χ4n) is 3.06. The Morgan fingerprint density at radius 3 is 2.34 bits per heavy atom. The Hall–Kier alpha value is -2.35. The summed E-state index contributed by atoms with van der Waals surface area (Å²) in [4.78, 5) is 14.2. The zero-order chi connectivity index (χ0) is 20.9. The van der Waals surface area contributed by atoms with Crippen LogP contribution in [0.4, 0.5) is 0 Å². The van der Waals surface area contributed by atoms with Crippen LogP contribution in [-0.2, 0) is 14.8 Å². The van der Waals surface area contributed by atoms with E-state index in [1.165, 1.54) is 16.4 Å². The minimum absolute atomic E-state index is 0.0943. The van der Waals surface area contributed by atoms with Crippen molar-refractivity contribution in [3.63, 3.8) is 0 Å². The molecule has 1 aliphatic heterocycles. The van der Waals surface area contributed by atoms with Gasteiger partial charge < -0.3 is 9.64 Å². The third-order valence-electron chi connectivity index (χ3n) is 4.61. The zero-order valence-electron chi connectivity index (χ0n) is 16.1. The molecule has 1 heterocycles. The van der Waals surface area contributed by atoms with E-state index in [0.29, 0.717) is 19.7 Å². The van der Waals surface area contributed by atoms with Crippen molar-refractivity contribution in [2.45, 2.75) is 11.8 Å². The maximum atomic E-state index is 12.8. The average molecular weight is 435 g/mol. The number of halogens is 1. The molecule has 0 aliphatic carbocycles. The van der Waals surface area contributed by atoms with E-state index in [4.69, 9.17) is 16.3 Å². The van der Waals surface area contributed by atoms with Gasteiger partial charge >= 0.3 is 0 Å². The standard InChI is InChI=1S/C21H23ClN2O4S/c1-2-28-18-10-7-17(8-11-18)9-12-21(25)23-13-15-24(16-14-23)29(26,27)20-6-4-3-5-19(20)22/h3-12H,2,13-16H2,1H3/b12-9+. The van der Waals surface area contributed by atoms with Crippen LogP contribution in [0.5, 0.6) is 5.75 Å². The normalized spacial score (nSPS) is 15.6. The topological polar surface area (TPSA) is 66.9 Å². The summed E-state index contributed by atoms with van der Waals surface area (Å²) >= 11 is 6.05. The van der Waals surface area contributed by atoms with Gasteiger partial charge in [-0.15, -0.1) is 0 Å². The summed E-state index contributed by atoms with van der Waals surface area (Å²) in [5.41, 5.74) is 0.890. The fourth-order valence-corrected chi connectivity index (χ4v) is 4.97. The first-order chi connectivity index (χ1) is 13.9. The number of piperazine rings is 1. The van der Waals surface area contributed by atoms with Gasteiger partial charge in [-0.3, -0.25) is 4.79 Å². The van der Waals surface area contributed by atoms with Gasteiger partial charge in [0.15, 0.2) is 0 Å². The predicted octanol–water partition coefficient (Wildman–Crippen LogP) is 3.29. The molecule has 2 aromatic carbocycles. The summed E-state index contributed by atoms with van der Waals surface area (Å²) in [6.07, 6.45) is 3.25. The molecule has 0 spiro atoms. The second-order valence-corrected chi connectivity index (χ2v) is 8.81. The highest BCUT2D eigenvalue weighted by molar-refractivity contribution is 7.89. The first-order valence-electron chi connectivity index (χ1n) is 9.36. The van der Waals surface area contributed by atoms with Gasteiger partial charge in [0.1, 0.15) is 10.6 Å². The van der Waals surface area contributed by atoms with E-state index in [9.17, 15) is 13.2 Å². The number of ether oxygens (including phenoxy) is 1. The highest BCUT2D eigenvalue weighted by atomic mass is 35.5. The lowest BCUT2D eigenvalue weighted by molar-refractivity contribution is -0.127. The molecule has 0 saturated carbocycles. The van der Waals surface area contributed by atoms with Crippen LogP contribution in [0.25, 0.3) is 6.08 Å². The molecule has 3 rings (SSSR count). The van der Waals surface area contributed by atoms with Crippen LogP contribution in [-0.4, -0.2) is 56.3 Å². The molecule has 2 aromatic rings. The van der Waals surface area contributed by atoms with Gasteiger partial charge in [0.05, 0.1) is 11.6 Å². The largest absolute Gasteiger partial charge is 0.494 e. The number of hydrogen-bond donors (Lipinski definition) is 0. The van der Waals surface area contributed by atoms with E-state index in [1.807, 2.05) is 31.2 Å². The Balaban J connectivity index is 1.58. The summed E-state index contributed by atoms with van der Waals surface area (Å²) in [6, 6.07) is 13.8. The first kappa shape index (κ1) is 21.4. The van der Waals surface area contributed by atoms with Gasteiger partial charge in [-0.2, -0.15) is 4.31 Å². The van der Waals surface area contributed by atoms with Gasteiger partial charge in [0.25, 0.3) is 0 Å². The second-order valence-electron chi connectivity index (χ2n) is 6.50. The molecule has 0 radical (unpaired) electrons. The van der Waals surface area contributed by atoms with E-state index < -0.39 is 10.0 Å². The summed E-state index contributed by atoms with van der Waals surface area (Å²) in [5.74, 6) is 0.639. The lowest BCUT2D eigenvalue weighted by Crippen LogP contribution is -2.50. The van der Waals surface area contributed by atoms with Crippen molar-refractivity contribution < 1.29 is 17.9 Å². The summed E-state index contributed by atoms with van der Waals surface area (Å²) in [7, 11) is -3.67. The van der Waals surface area contributed by atoms with Crippen molar-refractivity contribution in [2.75, 3.05) is 32.8 Å². The van der Waals surface area contributed by atoms with Crippen LogP contribution < -0.4 is 4.74 Å². The predicted molar refractivity (Wildman–Crippen MR) is 113 cm³/mol. The van der Waals surface area contributed by atoms with Crippen molar-refractivity contribution in [3.05, 3.63) is 65.2 Å². The Kier molecular flexibility index (Phi) is 6.95. The molecule has 0 aromatic heterocycles. The molecule has 1 fully saturated rings. The van der Waals surface area contributed by atoms with Crippen LogP contribution >= 0.6 is 11.6 Å². The lowest BCUT2D eigenvalue weighted by Gasteiger charge is -2.33. The second kappa shape index (κ2) is 9.43. The molecule has 1 saturated heterocycles. The highest BCUT2D eigenvalue weighted by Gasteiger charge is 2.30. The third-order valence-corrected chi connectivity index (χ3v) is 7.01. The Bertz CT molecular complexity index is 982. The van der Waals surface area contributed by atoms with Crippen molar-refractivity contribution in [3.8, 4) is 5.75 Å². The van der Waals surface area contributed by atoms with Crippen molar-refractivity contribution in [2.24, 2.45) is 0 Å². The Labute approximate surface area is 176 Å². The Morgan fingerprint density at radius 1 is 1.07 bits per heavy atom. The third kappa shape index (κ3) is 5.18. The van der Waals surface area contributed by atoms with Crippen molar-refractivity contribution in [1.82, 2.24) is 9.21 Å². The molecule has 0 N–H and O–H groups in total. The maximum absolute atomic E-state index is 12.8. The SMILES string of the molecule is CCOc1ccc(/C=C/C(=O)N2CCN(S(=O)(=O)c3ccccc3Cl)CC2)cc1. The Morgan fingerprint density at radius 2 is 1.72 bits per heavy atom. The number of rotatable bonds is 6. The fraction of sp³-hybridized carbons (Fsp3) is 0.286. The number of carbonyl (C=O) groups excluding carboxylic acids is 1. The van der Waals surface area contributed by atoms with E-state index in [1.54, 1.807) is 29.2 Å². The van der Waals surface area contributed by atoms with Crippen LogP contribution in [0, 0.1) is 0 Å². The molecule has 6 nitrogen and oxygen atoms in total. The molecule has 0 atom stereocenters. The van der Waals surface area contributed by atoms with Crippen molar-refractivity contribution in [1.29, 1.82) is 0 Å². The summed E-state index contributed by atoms with van der Waals surface area (Å²) in [5, 5.41) is 0.198. The molecular formula is C21H23ClN2O4S. The van der Waals surface area contributed by atoms with Crippen LogP contribution in [0.2, 0.25) is 5.02 Å². The van der Waals surface area contributed by atoms with Gasteiger partial charge in [-0.05, 0) is 42.8 Å². The van der Waals surface area contributed by atoms with E-state index in [2.05, 4.69) is 0 Å². The summed E-state index contributed by atoms with van der Waals surface area (Å²) in [6.45, 7) is 3.65. The van der Waals surface area contributed by atoms with Gasteiger partial charge in [-0.25, -0.2) is 8.42 Å². The number of amides is 1. The van der Waals surface area contributed by atoms with Gasteiger partial charge in [0.2, 0.25) is 15.9 Å². The van der Waals surface area contributed by atoms with Gasteiger partial charge in [0, 0.05) is 32.3 Å². The number of nitrogens with zero attached hydrogens (tertiary/aromatic N) is 2. The van der Waals surface area contributed by atoms with E-state index in [-0.39, 0.29) is 28.9 Å². The average Bonchev–Trinajstić information content (AvgIpc) is 2.73.